The van der Waals surface area contributed by atoms with Gasteiger partial charge in [0.2, 0.25) is 5.91 Å². The van der Waals surface area contributed by atoms with Gasteiger partial charge in [0.1, 0.15) is 0 Å². The van der Waals surface area contributed by atoms with Crippen molar-refractivity contribution in [2.24, 2.45) is 0 Å². The average molecular weight is 319 g/mol. The lowest BCUT2D eigenvalue weighted by molar-refractivity contribution is -0.120. The topological polar surface area (TPSA) is 53.6 Å². The number of morpholine rings is 1. The van der Waals surface area contributed by atoms with E-state index in [2.05, 4.69) is 48.4 Å². The van der Waals surface area contributed by atoms with Gasteiger partial charge in [-0.2, -0.15) is 0 Å². The van der Waals surface area contributed by atoms with Gasteiger partial charge in [-0.25, -0.2) is 0 Å². The molecule has 0 unspecified atom stereocenters. The molecule has 0 aromatic heterocycles. The molecule has 2 N–H and O–H groups in total. The maximum absolute atomic E-state index is 12.1. The molecule has 0 radical (unpaired) electrons. The van der Waals surface area contributed by atoms with Gasteiger partial charge in [0.15, 0.2) is 0 Å². The number of benzene rings is 1. The molecule has 0 bridgehead atoms. The smallest absolute Gasteiger partial charge is 0.239 e. The van der Waals surface area contributed by atoms with Crippen molar-refractivity contribution in [3.8, 4) is 0 Å². The average Bonchev–Trinajstić information content (AvgIpc) is 2.53. The van der Waals surface area contributed by atoms with Gasteiger partial charge >= 0.3 is 0 Å². The third kappa shape index (κ3) is 5.84. The lowest BCUT2D eigenvalue weighted by Crippen LogP contribution is -2.41. The number of nitrogens with one attached hydrogen (secondary N) is 2. The van der Waals surface area contributed by atoms with Crippen molar-refractivity contribution in [3.05, 3.63) is 29.3 Å². The zero-order chi connectivity index (χ0) is 16.7. The maximum atomic E-state index is 12.1. The van der Waals surface area contributed by atoms with Crippen LogP contribution in [0.15, 0.2) is 18.2 Å². The van der Waals surface area contributed by atoms with Gasteiger partial charge in [-0.15, -0.1) is 0 Å². The molecule has 0 saturated carbocycles. The Bertz CT molecular complexity index is 493. The van der Waals surface area contributed by atoms with E-state index >= 15 is 0 Å². The summed E-state index contributed by atoms with van der Waals surface area (Å²) in [6.45, 7) is 11.1. The first-order valence-electron chi connectivity index (χ1n) is 8.46. The van der Waals surface area contributed by atoms with Crippen molar-refractivity contribution in [3.63, 3.8) is 0 Å². The van der Waals surface area contributed by atoms with Crippen LogP contribution in [0.1, 0.15) is 24.5 Å². The summed E-state index contributed by atoms with van der Waals surface area (Å²) in [4.78, 5) is 14.5. The van der Waals surface area contributed by atoms with Crippen LogP contribution in [0, 0.1) is 13.8 Å². The Labute approximate surface area is 139 Å². The van der Waals surface area contributed by atoms with E-state index in [1.165, 1.54) is 0 Å². The Morgan fingerprint density at radius 2 is 1.91 bits per heavy atom. The third-order valence-electron chi connectivity index (χ3n) is 4.30. The molecule has 5 nitrogen and oxygen atoms in total. The van der Waals surface area contributed by atoms with Crippen LogP contribution in [0.3, 0.4) is 0 Å². The molecule has 1 aromatic carbocycles. The molecule has 1 heterocycles. The van der Waals surface area contributed by atoms with Crippen molar-refractivity contribution in [1.82, 2.24) is 10.2 Å². The molecule has 0 aliphatic carbocycles. The SMILES string of the molecule is Cc1cccc(C)c1NCC(=O)N[C@H](C)CCN1CCOCC1. The Morgan fingerprint density at radius 3 is 2.57 bits per heavy atom. The largest absolute Gasteiger partial charge is 0.379 e. The van der Waals surface area contributed by atoms with Gasteiger partial charge in [0, 0.05) is 31.4 Å². The molecular weight excluding hydrogens is 290 g/mol. The molecule has 5 heteroatoms. The van der Waals surface area contributed by atoms with Crippen molar-refractivity contribution < 1.29 is 9.53 Å². The van der Waals surface area contributed by atoms with Crippen LogP contribution < -0.4 is 10.6 Å². The Balaban J connectivity index is 1.69. The number of aryl methyl sites for hydroxylation is 2. The van der Waals surface area contributed by atoms with E-state index in [-0.39, 0.29) is 11.9 Å². The summed E-state index contributed by atoms with van der Waals surface area (Å²) in [6.07, 6.45) is 0.967. The molecule has 0 spiro atoms. The zero-order valence-electron chi connectivity index (χ0n) is 14.5. The van der Waals surface area contributed by atoms with E-state index in [9.17, 15) is 4.79 Å². The number of carbonyl (C=O) groups excluding carboxylic acids is 1. The first-order valence-corrected chi connectivity index (χ1v) is 8.46. The molecule has 1 saturated heterocycles. The van der Waals surface area contributed by atoms with E-state index < -0.39 is 0 Å². The highest BCUT2D eigenvalue weighted by Gasteiger charge is 2.13. The van der Waals surface area contributed by atoms with E-state index in [1.54, 1.807) is 0 Å². The van der Waals surface area contributed by atoms with E-state index in [1.807, 2.05) is 6.07 Å². The van der Waals surface area contributed by atoms with Gasteiger partial charge in [-0.3, -0.25) is 9.69 Å². The van der Waals surface area contributed by atoms with Crippen LogP contribution in [0.25, 0.3) is 0 Å². The lowest BCUT2D eigenvalue weighted by atomic mass is 10.1. The summed E-state index contributed by atoms with van der Waals surface area (Å²) < 4.78 is 5.34. The predicted octanol–water partition coefficient (Wildman–Crippen LogP) is 1.94. The van der Waals surface area contributed by atoms with Crippen molar-refractivity contribution in [2.75, 3.05) is 44.7 Å². The van der Waals surface area contributed by atoms with Gasteiger partial charge in [-0.05, 0) is 38.3 Å². The highest BCUT2D eigenvalue weighted by molar-refractivity contribution is 5.81. The number of para-hydroxylation sites is 1. The second-order valence-electron chi connectivity index (χ2n) is 6.33. The monoisotopic (exact) mass is 319 g/mol. The quantitative estimate of drug-likeness (QED) is 0.806. The predicted molar refractivity (Wildman–Crippen MR) is 93.9 cm³/mol. The minimum absolute atomic E-state index is 0.0436. The summed E-state index contributed by atoms with van der Waals surface area (Å²) in [7, 11) is 0. The fourth-order valence-electron chi connectivity index (χ4n) is 2.86. The maximum Gasteiger partial charge on any atom is 0.239 e. The van der Waals surface area contributed by atoms with Crippen molar-refractivity contribution in [2.45, 2.75) is 33.2 Å². The fraction of sp³-hybridized carbons (Fsp3) is 0.611. The number of rotatable bonds is 7. The summed E-state index contributed by atoms with van der Waals surface area (Å²) in [5.41, 5.74) is 3.39. The zero-order valence-corrected chi connectivity index (χ0v) is 14.5. The number of anilines is 1. The van der Waals surface area contributed by atoms with Gasteiger partial charge in [0.25, 0.3) is 0 Å². The minimum atomic E-state index is 0.0436. The Hall–Kier alpha value is -1.59. The third-order valence-corrected chi connectivity index (χ3v) is 4.30. The molecule has 1 amide bonds. The van der Waals surface area contributed by atoms with E-state index in [4.69, 9.17) is 4.74 Å². The van der Waals surface area contributed by atoms with Crippen molar-refractivity contribution >= 4 is 11.6 Å². The summed E-state index contributed by atoms with van der Waals surface area (Å²) in [6, 6.07) is 6.32. The summed E-state index contributed by atoms with van der Waals surface area (Å²) in [5.74, 6) is 0.0436. The second-order valence-corrected chi connectivity index (χ2v) is 6.33. The number of hydrogen-bond donors (Lipinski definition) is 2. The van der Waals surface area contributed by atoms with Crippen LogP contribution in [-0.4, -0.2) is 56.2 Å². The van der Waals surface area contributed by atoms with Crippen LogP contribution in [0.4, 0.5) is 5.69 Å². The molecule has 23 heavy (non-hydrogen) atoms. The molecule has 1 atom stereocenters. The molecule has 128 valence electrons. The normalized spacial score (nSPS) is 16.8. The van der Waals surface area contributed by atoms with Crippen molar-refractivity contribution in [1.29, 1.82) is 0 Å². The second kappa shape index (κ2) is 8.89. The highest BCUT2D eigenvalue weighted by Crippen LogP contribution is 2.18. The lowest BCUT2D eigenvalue weighted by Gasteiger charge is -2.27. The number of ether oxygens (including phenoxy) is 1. The fourth-order valence-corrected chi connectivity index (χ4v) is 2.86. The number of amides is 1. The first-order chi connectivity index (χ1) is 11.1. The van der Waals surface area contributed by atoms with Gasteiger partial charge in [0.05, 0.1) is 19.8 Å². The molecule has 2 rings (SSSR count). The Kier molecular flexibility index (Phi) is 6.86. The first kappa shape index (κ1) is 17.8. The van der Waals surface area contributed by atoms with Crippen LogP contribution in [-0.2, 0) is 9.53 Å². The standard InChI is InChI=1S/C18H29N3O2/c1-14-5-4-6-15(2)18(14)19-13-17(22)20-16(3)7-8-21-9-11-23-12-10-21/h4-6,16,19H,7-13H2,1-3H3,(H,20,22)/t16-/m1/s1. The van der Waals surface area contributed by atoms with Crippen LogP contribution in [0.2, 0.25) is 0 Å². The minimum Gasteiger partial charge on any atom is -0.379 e. The van der Waals surface area contributed by atoms with E-state index in [0.717, 1.165) is 56.1 Å². The van der Waals surface area contributed by atoms with Gasteiger partial charge < -0.3 is 15.4 Å². The highest BCUT2D eigenvalue weighted by atomic mass is 16.5. The Morgan fingerprint density at radius 1 is 1.26 bits per heavy atom. The molecule has 1 aromatic rings. The molecule has 1 aliphatic rings. The van der Waals surface area contributed by atoms with Crippen LogP contribution in [0.5, 0.6) is 0 Å². The number of hydrogen-bond acceptors (Lipinski definition) is 4. The summed E-state index contributed by atoms with van der Waals surface area (Å²) >= 11 is 0. The molecule has 1 aliphatic heterocycles. The molecule has 1 fully saturated rings. The van der Waals surface area contributed by atoms with E-state index in [0.29, 0.717) is 6.54 Å². The number of carbonyl (C=O) groups is 1. The van der Waals surface area contributed by atoms with Crippen LogP contribution >= 0.6 is 0 Å². The van der Waals surface area contributed by atoms with Gasteiger partial charge in [-0.1, -0.05) is 18.2 Å². The number of nitrogens with zero attached hydrogens (tertiary/aromatic N) is 1. The molecular formula is C18H29N3O2. The summed E-state index contributed by atoms with van der Waals surface area (Å²) in [5, 5.41) is 6.32.